The number of nitrogens with one attached hydrogen (secondary N) is 1. The van der Waals surface area contributed by atoms with Crippen LogP contribution in [0.5, 0.6) is 0 Å². The third-order valence-corrected chi connectivity index (χ3v) is 2.70. The number of aromatic carboxylic acids is 1. The van der Waals surface area contributed by atoms with E-state index in [9.17, 15) is 4.79 Å². The molecule has 0 radical (unpaired) electrons. The first-order chi connectivity index (χ1) is 6.19. The van der Waals surface area contributed by atoms with Gasteiger partial charge in [0.1, 0.15) is 4.88 Å². The maximum absolute atomic E-state index is 10.8. The van der Waals surface area contributed by atoms with Crippen LogP contribution in [0, 0.1) is 0 Å². The summed E-state index contributed by atoms with van der Waals surface area (Å²) in [5.41, 5.74) is 0.685. The minimum absolute atomic E-state index is 0.353. The van der Waals surface area contributed by atoms with Crippen LogP contribution >= 0.6 is 11.3 Å². The van der Waals surface area contributed by atoms with Gasteiger partial charge in [-0.15, -0.1) is 0 Å². The SMILES string of the molecule is CCCc1nc(NC)sc1C(=O)O. The van der Waals surface area contributed by atoms with Crippen molar-refractivity contribution >= 4 is 22.4 Å². The van der Waals surface area contributed by atoms with Crippen molar-refractivity contribution < 1.29 is 9.90 Å². The van der Waals surface area contributed by atoms with Crippen molar-refractivity contribution in [1.82, 2.24) is 4.98 Å². The molecule has 0 saturated heterocycles. The lowest BCUT2D eigenvalue weighted by atomic mass is 10.2. The van der Waals surface area contributed by atoms with E-state index in [-0.39, 0.29) is 0 Å². The minimum atomic E-state index is -0.887. The third-order valence-electron chi connectivity index (χ3n) is 1.59. The molecule has 5 heteroatoms. The van der Waals surface area contributed by atoms with Crippen LogP contribution in [0.15, 0.2) is 0 Å². The molecule has 0 amide bonds. The summed E-state index contributed by atoms with van der Waals surface area (Å²) in [6, 6.07) is 0. The molecule has 0 aromatic carbocycles. The van der Waals surface area contributed by atoms with E-state index in [4.69, 9.17) is 5.11 Å². The quantitative estimate of drug-likeness (QED) is 0.778. The fourth-order valence-corrected chi connectivity index (χ4v) is 1.84. The standard InChI is InChI=1S/C8H12N2O2S/c1-3-4-5-6(7(11)12)13-8(9-2)10-5/h3-4H2,1-2H3,(H,9,10)(H,11,12). The molecule has 0 aliphatic rings. The first-order valence-corrected chi connectivity index (χ1v) is 4.91. The topological polar surface area (TPSA) is 62.2 Å². The Bertz CT molecular complexity index is 309. The number of carbonyl (C=O) groups is 1. The van der Waals surface area contributed by atoms with Gasteiger partial charge in [0, 0.05) is 7.05 Å². The number of aryl methyl sites for hydroxylation is 1. The van der Waals surface area contributed by atoms with Gasteiger partial charge in [0.25, 0.3) is 0 Å². The maximum Gasteiger partial charge on any atom is 0.347 e. The number of aromatic nitrogens is 1. The highest BCUT2D eigenvalue weighted by Gasteiger charge is 2.15. The lowest BCUT2D eigenvalue weighted by Gasteiger charge is -1.92. The largest absolute Gasteiger partial charge is 0.477 e. The second-order valence-electron chi connectivity index (χ2n) is 2.60. The van der Waals surface area contributed by atoms with Crippen LogP contribution in [-0.4, -0.2) is 23.1 Å². The normalized spacial score (nSPS) is 10.0. The molecule has 0 saturated carbocycles. The lowest BCUT2D eigenvalue weighted by Crippen LogP contribution is -1.98. The zero-order valence-corrected chi connectivity index (χ0v) is 8.44. The summed E-state index contributed by atoms with van der Waals surface area (Å²) in [7, 11) is 1.74. The van der Waals surface area contributed by atoms with Crippen molar-refractivity contribution in [3.8, 4) is 0 Å². The number of rotatable bonds is 4. The average Bonchev–Trinajstić information content (AvgIpc) is 2.48. The lowest BCUT2D eigenvalue weighted by molar-refractivity contribution is 0.0700. The van der Waals surface area contributed by atoms with Gasteiger partial charge in [0.2, 0.25) is 0 Å². The Morgan fingerprint density at radius 1 is 1.69 bits per heavy atom. The van der Waals surface area contributed by atoms with Crippen LogP contribution < -0.4 is 5.32 Å². The van der Waals surface area contributed by atoms with Gasteiger partial charge in [0.05, 0.1) is 5.69 Å². The zero-order chi connectivity index (χ0) is 9.84. The molecule has 1 rings (SSSR count). The summed E-state index contributed by atoms with van der Waals surface area (Å²) in [6.07, 6.45) is 1.63. The Hall–Kier alpha value is -1.10. The van der Waals surface area contributed by atoms with Crippen molar-refractivity contribution in [3.05, 3.63) is 10.6 Å². The van der Waals surface area contributed by atoms with Gasteiger partial charge in [-0.05, 0) is 6.42 Å². The van der Waals surface area contributed by atoms with E-state index in [2.05, 4.69) is 10.3 Å². The molecule has 4 nitrogen and oxygen atoms in total. The summed E-state index contributed by atoms with van der Waals surface area (Å²) in [4.78, 5) is 15.3. The predicted octanol–water partition coefficient (Wildman–Crippen LogP) is 1.84. The van der Waals surface area contributed by atoms with E-state index in [1.165, 1.54) is 11.3 Å². The van der Waals surface area contributed by atoms with Crippen LogP contribution in [0.1, 0.15) is 28.7 Å². The monoisotopic (exact) mass is 200 g/mol. The maximum atomic E-state index is 10.8. The Labute approximate surface area is 80.6 Å². The van der Waals surface area contributed by atoms with E-state index < -0.39 is 5.97 Å². The molecule has 13 heavy (non-hydrogen) atoms. The van der Waals surface area contributed by atoms with Crippen LogP contribution in [0.3, 0.4) is 0 Å². The van der Waals surface area contributed by atoms with Crippen LogP contribution in [0.25, 0.3) is 0 Å². The van der Waals surface area contributed by atoms with Gasteiger partial charge in [-0.25, -0.2) is 9.78 Å². The van der Waals surface area contributed by atoms with E-state index >= 15 is 0 Å². The fraction of sp³-hybridized carbons (Fsp3) is 0.500. The number of carboxylic acid groups (broad SMARTS) is 1. The Kier molecular flexibility index (Phi) is 3.25. The summed E-state index contributed by atoms with van der Waals surface area (Å²) < 4.78 is 0. The van der Waals surface area contributed by atoms with Crippen LogP contribution in [-0.2, 0) is 6.42 Å². The van der Waals surface area contributed by atoms with Gasteiger partial charge < -0.3 is 10.4 Å². The van der Waals surface area contributed by atoms with Gasteiger partial charge >= 0.3 is 5.97 Å². The van der Waals surface area contributed by atoms with Crippen molar-refractivity contribution in [2.75, 3.05) is 12.4 Å². The number of hydrogen-bond acceptors (Lipinski definition) is 4. The number of anilines is 1. The molecular weight excluding hydrogens is 188 g/mol. The molecule has 72 valence electrons. The smallest absolute Gasteiger partial charge is 0.347 e. The molecule has 2 N–H and O–H groups in total. The summed E-state index contributed by atoms with van der Waals surface area (Å²) >= 11 is 1.19. The molecular formula is C8H12N2O2S. The van der Waals surface area contributed by atoms with Gasteiger partial charge in [-0.1, -0.05) is 24.7 Å². The summed E-state index contributed by atoms with van der Waals surface area (Å²) in [6.45, 7) is 2.00. The summed E-state index contributed by atoms with van der Waals surface area (Å²) in [5.74, 6) is -0.887. The fourth-order valence-electron chi connectivity index (χ4n) is 1.03. The van der Waals surface area contributed by atoms with Crippen molar-refractivity contribution in [1.29, 1.82) is 0 Å². The highest BCUT2D eigenvalue weighted by atomic mass is 32.1. The van der Waals surface area contributed by atoms with Crippen LogP contribution in [0.4, 0.5) is 5.13 Å². The van der Waals surface area contributed by atoms with E-state index in [1.807, 2.05) is 6.92 Å². The first-order valence-electron chi connectivity index (χ1n) is 4.09. The second kappa shape index (κ2) is 4.23. The molecule has 0 aliphatic carbocycles. The number of carboxylic acids is 1. The molecule has 0 fully saturated rings. The first kappa shape index (κ1) is 9.98. The predicted molar refractivity (Wildman–Crippen MR) is 52.6 cm³/mol. The zero-order valence-electron chi connectivity index (χ0n) is 7.63. The highest BCUT2D eigenvalue weighted by molar-refractivity contribution is 7.17. The summed E-state index contributed by atoms with van der Waals surface area (Å²) in [5, 5.41) is 12.4. The molecule has 1 aromatic rings. The van der Waals surface area contributed by atoms with Gasteiger partial charge in [0.15, 0.2) is 5.13 Å². The Morgan fingerprint density at radius 2 is 2.38 bits per heavy atom. The van der Waals surface area contributed by atoms with Crippen molar-refractivity contribution in [3.63, 3.8) is 0 Å². The molecule has 0 atom stereocenters. The van der Waals surface area contributed by atoms with Gasteiger partial charge in [-0.2, -0.15) is 0 Å². The molecule has 0 spiro atoms. The number of nitrogens with zero attached hydrogens (tertiary/aromatic N) is 1. The van der Waals surface area contributed by atoms with E-state index in [0.29, 0.717) is 15.7 Å². The third kappa shape index (κ3) is 2.18. The van der Waals surface area contributed by atoms with Crippen molar-refractivity contribution in [2.24, 2.45) is 0 Å². The highest BCUT2D eigenvalue weighted by Crippen LogP contribution is 2.23. The molecule has 1 aromatic heterocycles. The Balaban J connectivity index is 3.00. The van der Waals surface area contributed by atoms with E-state index in [0.717, 1.165) is 12.8 Å². The second-order valence-corrected chi connectivity index (χ2v) is 3.60. The average molecular weight is 200 g/mol. The molecule has 0 aliphatic heterocycles. The number of hydrogen-bond donors (Lipinski definition) is 2. The Morgan fingerprint density at radius 3 is 2.85 bits per heavy atom. The molecule has 1 heterocycles. The van der Waals surface area contributed by atoms with Crippen LogP contribution in [0.2, 0.25) is 0 Å². The number of thiazole rings is 1. The van der Waals surface area contributed by atoms with Gasteiger partial charge in [-0.3, -0.25) is 0 Å². The molecule has 0 bridgehead atoms. The minimum Gasteiger partial charge on any atom is -0.477 e. The van der Waals surface area contributed by atoms with E-state index in [1.54, 1.807) is 7.05 Å². The molecule has 0 unspecified atom stereocenters. The van der Waals surface area contributed by atoms with Crippen molar-refractivity contribution in [2.45, 2.75) is 19.8 Å².